The number of hydrogen-bond donors (Lipinski definition) is 0. The molecule has 0 aliphatic heterocycles. The van der Waals surface area contributed by atoms with E-state index in [1.54, 1.807) is 0 Å². The molecule has 0 radical (unpaired) electrons. The Labute approximate surface area is 361 Å². The third-order valence-corrected chi connectivity index (χ3v) is 11.6. The molecule has 0 atom stereocenters. The lowest BCUT2D eigenvalue weighted by atomic mass is 9.90. The highest BCUT2D eigenvalue weighted by Crippen LogP contribution is 2.42. The molecule has 2 aromatic heterocycles. The highest BCUT2D eigenvalue weighted by atomic mass is 14.9. The van der Waals surface area contributed by atoms with Gasteiger partial charge in [-0.25, -0.2) is 15.0 Å². The standard InChI is InChI=1S/C59H39N3/c1-6-19-40(20-7-1)47-34-48(41-21-8-2-9-22-41)36-49(35-47)56-39-55(61-59(62-56)44-27-14-5-15-28-44)46-30-18-29-45(33-46)52-37-57-58(51-32-17-16-31-50(51)52)53(42-23-10-3-11-24-42)38-54(60-57)43-25-12-4-13-26-43/h1-39H. The van der Waals surface area contributed by atoms with Crippen LogP contribution in [0.2, 0.25) is 0 Å². The molecule has 0 N–H and O–H groups in total. The van der Waals surface area contributed by atoms with E-state index in [9.17, 15) is 0 Å². The minimum Gasteiger partial charge on any atom is -0.248 e. The largest absolute Gasteiger partial charge is 0.248 e. The summed E-state index contributed by atoms with van der Waals surface area (Å²) >= 11 is 0. The fourth-order valence-electron chi connectivity index (χ4n) is 8.62. The zero-order valence-corrected chi connectivity index (χ0v) is 33.9. The summed E-state index contributed by atoms with van der Waals surface area (Å²) in [5, 5.41) is 3.48. The quantitative estimate of drug-likeness (QED) is 0.144. The van der Waals surface area contributed by atoms with Crippen LogP contribution >= 0.6 is 0 Å². The summed E-state index contributed by atoms with van der Waals surface area (Å²) < 4.78 is 0. The van der Waals surface area contributed by atoms with E-state index in [1.807, 2.05) is 18.2 Å². The molecule has 3 nitrogen and oxygen atoms in total. The fourth-order valence-corrected chi connectivity index (χ4v) is 8.62. The van der Waals surface area contributed by atoms with Crippen LogP contribution in [-0.2, 0) is 0 Å². The SMILES string of the molecule is c1ccc(-c2cc(-c3ccccc3)cc(-c3cc(-c4cccc(-c5cc6nc(-c7ccccc7)cc(-c7ccccc7)c6c6ccccc56)c4)nc(-c4ccccc4)n3)c2)cc1. The van der Waals surface area contributed by atoms with Gasteiger partial charge in [-0.3, -0.25) is 0 Å². The van der Waals surface area contributed by atoms with Gasteiger partial charge in [-0.15, -0.1) is 0 Å². The third-order valence-electron chi connectivity index (χ3n) is 11.6. The Morgan fingerprint density at radius 3 is 1.27 bits per heavy atom. The van der Waals surface area contributed by atoms with Crippen LogP contribution in [0.5, 0.6) is 0 Å². The Balaban J connectivity index is 1.10. The van der Waals surface area contributed by atoms with Crippen molar-refractivity contribution in [3.05, 3.63) is 237 Å². The van der Waals surface area contributed by atoms with E-state index < -0.39 is 0 Å². The molecule has 0 aliphatic rings. The predicted octanol–water partition coefficient (Wildman–Crippen LogP) is 15.5. The minimum absolute atomic E-state index is 0.678. The summed E-state index contributed by atoms with van der Waals surface area (Å²) in [7, 11) is 0. The number of fused-ring (bicyclic) bond motifs is 3. The van der Waals surface area contributed by atoms with Crippen molar-refractivity contribution in [3.8, 4) is 89.7 Å². The zero-order valence-electron chi connectivity index (χ0n) is 33.9. The van der Waals surface area contributed by atoms with Gasteiger partial charge in [0.25, 0.3) is 0 Å². The van der Waals surface area contributed by atoms with Gasteiger partial charge < -0.3 is 0 Å². The molecule has 11 rings (SSSR count). The first-order chi connectivity index (χ1) is 30.7. The molecular formula is C59H39N3. The van der Waals surface area contributed by atoms with Gasteiger partial charge in [0.1, 0.15) is 0 Å². The Morgan fingerprint density at radius 2 is 0.661 bits per heavy atom. The van der Waals surface area contributed by atoms with Crippen molar-refractivity contribution in [1.29, 1.82) is 0 Å². The van der Waals surface area contributed by atoms with Crippen molar-refractivity contribution >= 4 is 21.7 Å². The number of pyridine rings is 1. The van der Waals surface area contributed by atoms with Crippen molar-refractivity contribution < 1.29 is 0 Å². The summed E-state index contributed by atoms with van der Waals surface area (Å²) in [5.74, 6) is 0.678. The predicted molar refractivity (Wildman–Crippen MR) is 258 cm³/mol. The van der Waals surface area contributed by atoms with Gasteiger partial charge in [-0.2, -0.15) is 0 Å². The maximum Gasteiger partial charge on any atom is 0.160 e. The first kappa shape index (κ1) is 36.8. The molecule has 11 aromatic rings. The summed E-state index contributed by atoms with van der Waals surface area (Å²) in [6.07, 6.45) is 0. The van der Waals surface area contributed by atoms with E-state index in [0.717, 1.165) is 89.2 Å². The first-order valence-electron chi connectivity index (χ1n) is 21.0. The van der Waals surface area contributed by atoms with Gasteiger partial charge in [0, 0.05) is 27.6 Å². The van der Waals surface area contributed by atoms with Gasteiger partial charge in [0.2, 0.25) is 0 Å². The fraction of sp³-hybridized carbons (Fsp3) is 0. The van der Waals surface area contributed by atoms with Gasteiger partial charge >= 0.3 is 0 Å². The number of hydrogen-bond acceptors (Lipinski definition) is 3. The molecule has 0 saturated carbocycles. The maximum atomic E-state index is 5.38. The molecule has 0 spiro atoms. The molecule has 9 aromatic carbocycles. The van der Waals surface area contributed by atoms with Crippen LogP contribution < -0.4 is 0 Å². The van der Waals surface area contributed by atoms with Crippen LogP contribution in [-0.4, -0.2) is 15.0 Å². The molecule has 2 heterocycles. The smallest absolute Gasteiger partial charge is 0.160 e. The number of rotatable bonds is 8. The summed E-state index contributed by atoms with van der Waals surface area (Å²) in [5.41, 5.74) is 16.8. The van der Waals surface area contributed by atoms with E-state index in [-0.39, 0.29) is 0 Å². The van der Waals surface area contributed by atoms with E-state index >= 15 is 0 Å². The van der Waals surface area contributed by atoms with Crippen molar-refractivity contribution in [2.45, 2.75) is 0 Å². The monoisotopic (exact) mass is 789 g/mol. The molecule has 0 aliphatic carbocycles. The molecule has 0 saturated heterocycles. The number of benzene rings is 9. The first-order valence-corrected chi connectivity index (χ1v) is 21.0. The third kappa shape index (κ3) is 7.12. The molecule has 290 valence electrons. The Bertz CT molecular complexity index is 3310. The molecule has 0 bridgehead atoms. The molecule has 62 heavy (non-hydrogen) atoms. The number of aromatic nitrogens is 3. The summed E-state index contributed by atoms with van der Waals surface area (Å²) in [6.45, 7) is 0. The Hall–Kier alpha value is -8.27. The van der Waals surface area contributed by atoms with Crippen molar-refractivity contribution in [3.63, 3.8) is 0 Å². The average molecular weight is 790 g/mol. The minimum atomic E-state index is 0.678. The number of nitrogens with zero attached hydrogens (tertiary/aromatic N) is 3. The highest BCUT2D eigenvalue weighted by Gasteiger charge is 2.18. The van der Waals surface area contributed by atoms with Crippen LogP contribution in [0.1, 0.15) is 0 Å². The lowest BCUT2D eigenvalue weighted by Gasteiger charge is -2.16. The van der Waals surface area contributed by atoms with Crippen LogP contribution in [0.4, 0.5) is 0 Å². The second kappa shape index (κ2) is 16.1. The molecule has 3 heteroatoms. The van der Waals surface area contributed by atoms with Crippen molar-refractivity contribution in [2.24, 2.45) is 0 Å². The molecular weight excluding hydrogens is 751 g/mol. The van der Waals surface area contributed by atoms with E-state index in [4.69, 9.17) is 15.0 Å². The van der Waals surface area contributed by atoms with Crippen molar-refractivity contribution in [1.82, 2.24) is 15.0 Å². The maximum absolute atomic E-state index is 5.38. The van der Waals surface area contributed by atoms with Crippen LogP contribution in [0.3, 0.4) is 0 Å². The Kier molecular flexibility index (Phi) is 9.53. The van der Waals surface area contributed by atoms with Gasteiger partial charge in [0.15, 0.2) is 5.82 Å². The second-order valence-corrected chi connectivity index (χ2v) is 15.6. The van der Waals surface area contributed by atoms with E-state index in [1.165, 1.54) is 16.3 Å². The Morgan fingerprint density at radius 1 is 0.226 bits per heavy atom. The van der Waals surface area contributed by atoms with Gasteiger partial charge in [-0.05, 0) is 97.7 Å². The average Bonchev–Trinajstić information content (AvgIpc) is 3.37. The van der Waals surface area contributed by atoms with Gasteiger partial charge in [0.05, 0.1) is 22.6 Å². The van der Waals surface area contributed by atoms with Crippen LogP contribution in [0, 0.1) is 0 Å². The van der Waals surface area contributed by atoms with Gasteiger partial charge in [-0.1, -0.05) is 194 Å². The van der Waals surface area contributed by atoms with E-state index in [0.29, 0.717) is 5.82 Å². The summed E-state index contributed by atoms with van der Waals surface area (Å²) in [4.78, 5) is 15.9. The van der Waals surface area contributed by atoms with E-state index in [2.05, 4.69) is 218 Å². The second-order valence-electron chi connectivity index (χ2n) is 15.6. The molecule has 0 unspecified atom stereocenters. The van der Waals surface area contributed by atoms with Crippen molar-refractivity contribution in [2.75, 3.05) is 0 Å². The topological polar surface area (TPSA) is 38.7 Å². The lowest BCUT2D eigenvalue weighted by Crippen LogP contribution is -1.97. The molecule has 0 fully saturated rings. The molecule has 0 amide bonds. The van der Waals surface area contributed by atoms with Crippen LogP contribution in [0.25, 0.3) is 111 Å². The zero-order chi connectivity index (χ0) is 41.2. The normalized spacial score (nSPS) is 11.2. The summed E-state index contributed by atoms with van der Waals surface area (Å²) in [6, 6.07) is 83.5. The lowest BCUT2D eigenvalue weighted by molar-refractivity contribution is 1.18. The highest BCUT2D eigenvalue weighted by molar-refractivity contribution is 6.18. The van der Waals surface area contributed by atoms with Crippen LogP contribution in [0.15, 0.2) is 237 Å².